The molecule has 0 fully saturated rings. The lowest BCUT2D eigenvalue weighted by Crippen LogP contribution is -2.28. The van der Waals surface area contributed by atoms with E-state index in [2.05, 4.69) is 216 Å². The lowest BCUT2D eigenvalue weighted by molar-refractivity contribution is 0.769. The van der Waals surface area contributed by atoms with Crippen LogP contribution >= 0.6 is 0 Å². The maximum Gasteiger partial charge on any atom is 0.0788 e. The van der Waals surface area contributed by atoms with Crippen LogP contribution < -0.4 is 0 Å². The fourth-order valence-electron chi connectivity index (χ4n) is 9.18. The standard InChI is InChI=1S/C51H34N2/c1-5-15-38(16-6-1)51(39-17-7-2-8-18-39)46-24-14-13-23-42(46)43-28-26-37(34-47(43)51)36-27-30-48-45(33-36)44-29-25-35-31-32-52(40-19-9-3-10-20-40)49(35)50(44)53(48)41-21-11-4-12-22-41/h1-34H. The van der Waals surface area contributed by atoms with E-state index in [0.29, 0.717) is 0 Å². The van der Waals surface area contributed by atoms with Gasteiger partial charge in [0.25, 0.3) is 0 Å². The van der Waals surface area contributed by atoms with Crippen LogP contribution in [-0.4, -0.2) is 9.13 Å². The Bertz CT molecular complexity index is 2930. The van der Waals surface area contributed by atoms with Crippen molar-refractivity contribution in [3.05, 3.63) is 229 Å². The van der Waals surface area contributed by atoms with Crippen molar-refractivity contribution in [1.82, 2.24) is 9.13 Å². The number of hydrogen-bond donors (Lipinski definition) is 0. The molecule has 0 atom stereocenters. The maximum absolute atomic E-state index is 2.46. The number of nitrogens with zero attached hydrogens (tertiary/aromatic N) is 2. The second-order valence-corrected chi connectivity index (χ2v) is 14.1. The van der Waals surface area contributed by atoms with Crippen molar-refractivity contribution in [3.8, 4) is 33.6 Å². The fraction of sp³-hybridized carbons (Fsp3) is 0.0196. The molecule has 2 nitrogen and oxygen atoms in total. The van der Waals surface area contributed by atoms with Gasteiger partial charge in [0.1, 0.15) is 0 Å². The van der Waals surface area contributed by atoms with Crippen LogP contribution in [0.3, 0.4) is 0 Å². The van der Waals surface area contributed by atoms with Crippen LogP contribution in [0.25, 0.3) is 66.3 Å². The van der Waals surface area contributed by atoms with Gasteiger partial charge in [-0.05, 0) is 93.0 Å². The molecule has 1 aliphatic carbocycles. The van der Waals surface area contributed by atoms with Crippen LogP contribution in [0.2, 0.25) is 0 Å². The van der Waals surface area contributed by atoms with Gasteiger partial charge >= 0.3 is 0 Å². The molecule has 11 rings (SSSR count). The summed E-state index contributed by atoms with van der Waals surface area (Å²) in [4.78, 5) is 0. The summed E-state index contributed by atoms with van der Waals surface area (Å²) in [5.74, 6) is 0. The highest BCUT2D eigenvalue weighted by Gasteiger charge is 2.46. The molecule has 0 bridgehead atoms. The summed E-state index contributed by atoms with van der Waals surface area (Å²) in [5, 5.41) is 3.70. The van der Waals surface area contributed by atoms with Gasteiger partial charge in [-0.1, -0.05) is 152 Å². The monoisotopic (exact) mass is 674 g/mol. The van der Waals surface area contributed by atoms with E-state index in [9.17, 15) is 0 Å². The van der Waals surface area contributed by atoms with Crippen molar-refractivity contribution in [2.24, 2.45) is 0 Å². The molecule has 0 N–H and O–H groups in total. The minimum absolute atomic E-state index is 0.438. The zero-order chi connectivity index (χ0) is 34.9. The molecular weight excluding hydrogens is 641 g/mol. The molecule has 2 aromatic heterocycles. The number of aromatic nitrogens is 2. The van der Waals surface area contributed by atoms with Gasteiger partial charge in [-0.25, -0.2) is 0 Å². The Hall–Kier alpha value is -6.90. The van der Waals surface area contributed by atoms with E-state index in [1.54, 1.807) is 0 Å². The van der Waals surface area contributed by atoms with Gasteiger partial charge in [0.2, 0.25) is 0 Å². The zero-order valence-corrected chi connectivity index (χ0v) is 29.0. The summed E-state index contributed by atoms with van der Waals surface area (Å²) in [5.41, 5.74) is 15.7. The van der Waals surface area contributed by atoms with E-state index >= 15 is 0 Å². The summed E-state index contributed by atoms with van der Waals surface area (Å²) in [6.07, 6.45) is 2.20. The lowest BCUT2D eigenvalue weighted by Gasteiger charge is -2.34. The molecule has 0 saturated heterocycles. The van der Waals surface area contributed by atoms with Gasteiger partial charge in [-0.2, -0.15) is 0 Å². The predicted octanol–water partition coefficient (Wildman–Crippen LogP) is 12.8. The summed E-state index contributed by atoms with van der Waals surface area (Å²) in [7, 11) is 0. The summed E-state index contributed by atoms with van der Waals surface area (Å²) in [6.45, 7) is 0. The smallest absolute Gasteiger partial charge is 0.0788 e. The Kier molecular flexibility index (Phi) is 6.50. The van der Waals surface area contributed by atoms with Crippen molar-refractivity contribution in [3.63, 3.8) is 0 Å². The SMILES string of the molecule is c1ccc(-n2ccc3ccc4c5cc(-c6ccc7c(c6)C(c6ccccc6)(c6ccccc6)c6ccccc6-7)ccc5n(-c5ccccc5)c4c32)cc1. The normalized spacial score (nSPS) is 13.1. The molecular formula is C51H34N2. The van der Waals surface area contributed by atoms with E-state index in [1.807, 2.05) is 0 Å². The van der Waals surface area contributed by atoms with Crippen molar-refractivity contribution >= 4 is 32.7 Å². The van der Waals surface area contributed by atoms with E-state index in [4.69, 9.17) is 0 Å². The Balaban J connectivity index is 1.18. The maximum atomic E-state index is 2.46. The molecule has 1 aliphatic rings. The Morgan fingerprint density at radius 3 is 1.68 bits per heavy atom. The Morgan fingerprint density at radius 2 is 0.962 bits per heavy atom. The highest BCUT2D eigenvalue weighted by Crippen LogP contribution is 2.56. The summed E-state index contributed by atoms with van der Waals surface area (Å²) in [6, 6.07) is 73.5. The molecule has 8 aromatic carbocycles. The van der Waals surface area contributed by atoms with Crippen molar-refractivity contribution < 1.29 is 0 Å². The minimum Gasteiger partial charge on any atom is -0.315 e. The van der Waals surface area contributed by atoms with Crippen molar-refractivity contribution in [2.45, 2.75) is 5.41 Å². The van der Waals surface area contributed by atoms with Gasteiger partial charge in [-0.3, -0.25) is 0 Å². The van der Waals surface area contributed by atoms with Crippen LogP contribution in [0, 0.1) is 0 Å². The molecule has 10 aromatic rings. The molecule has 2 heterocycles. The quantitative estimate of drug-likeness (QED) is 0.172. The van der Waals surface area contributed by atoms with Crippen LogP contribution in [0.1, 0.15) is 22.3 Å². The molecule has 53 heavy (non-hydrogen) atoms. The molecule has 0 spiro atoms. The fourth-order valence-corrected chi connectivity index (χ4v) is 9.18. The van der Waals surface area contributed by atoms with Crippen molar-refractivity contribution in [2.75, 3.05) is 0 Å². The molecule has 0 amide bonds. The number of benzene rings is 8. The zero-order valence-electron chi connectivity index (χ0n) is 29.0. The highest BCUT2D eigenvalue weighted by atomic mass is 15.0. The largest absolute Gasteiger partial charge is 0.315 e. The molecule has 248 valence electrons. The van der Waals surface area contributed by atoms with E-state index < -0.39 is 5.41 Å². The van der Waals surface area contributed by atoms with Crippen molar-refractivity contribution in [1.29, 1.82) is 0 Å². The third-order valence-electron chi connectivity index (χ3n) is 11.4. The van der Waals surface area contributed by atoms with Gasteiger partial charge in [0, 0.05) is 33.7 Å². The molecule has 0 aliphatic heterocycles. The molecule has 2 heteroatoms. The van der Waals surface area contributed by atoms with Gasteiger partial charge < -0.3 is 9.13 Å². The minimum atomic E-state index is -0.438. The van der Waals surface area contributed by atoms with Crippen LogP contribution in [0.15, 0.2) is 206 Å². The van der Waals surface area contributed by atoms with Gasteiger partial charge in [0.15, 0.2) is 0 Å². The average molecular weight is 675 g/mol. The first kappa shape index (κ1) is 29.8. The Morgan fingerprint density at radius 1 is 0.377 bits per heavy atom. The van der Waals surface area contributed by atoms with Crippen LogP contribution in [0.5, 0.6) is 0 Å². The Labute approximate surface area is 308 Å². The third kappa shape index (κ3) is 4.27. The van der Waals surface area contributed by atoms with Gasteiger partial charge in [-0.15, -0.1) is 0 Å². The lowest BCUT2D eigenvalue weighted by atomic mass is 9.67. The van der Waals surface area contributed by atoms with E-state index in [0.717, 1.165) is 11.4 Å². The summed E-state index contributed by atoms with van der Waals surface area (Å²) >= 11 is 0. The number of fused-ring (bicyclic) bond motifs is 8. The highest BCUT2D eigenvalue weighted by molar-refractivity contribution is 6.18. The van der Waals surface area contributed by atoms with Crippen LogP contribution in [-0.2, 0) is 5.41 Å². The molecule has 0 saturated carbocycles. The van der Waals surface area contributed by atoms with E-state index in [1.165, 1.54) is 77.2 Å². The second-order valence-electron chi connectivity index (χ2n) is 14.1. The molecule has 0 radical (unpaired) electrons. The first-order valence-electron chi connectivity index (χ1n) is 18.4. The second kappa shape index (κ2) is 11.6. The first-order valence-corrected chi connectivity index (χ1v) is 18.4. The molecule has 0 unspecified atom stereocenters. The van der Waals surface area contributed by atoms with Crippen LogP contribution in [0.4, 0.5) is 0 Å². The average Bonchev–Trinajstić information content (AvgIpc) is 3.91. The number of para-hydroxylation sites is 2. The topological polar surface area (TPSA) is 9.86 Å². The van der Waals surface area contributed by atoms with E-state index in [-0.39, 0.29) is 0 Å². The summed E-state index contributed by atoms with van der Waals surface area (Å²) < 4.78 is 4.78. The predicted molar refractivity (Wildman–Crippen MR) is 220 cm³/mol. The first-order chi connectivity index (χ1) is 26.3. The van der Waals surface area contributed by atoms with Gasteiger partial charge in [0.05, 0.1) is 22.0 Å². The number of rotatable bonds is 5. The number of hydrogen-bond acceptors (Lipinski definition) is 0. The third-order valence-corrected chi connectivity index (χ3v) is 11.4.